The number of hydrogen-bond acceptors (Lipinski definition) is 4. The molecule has 1 aromatic rings. The number of halogens is 1. The zero-order valence-electron chi connectivity index (χ0n) is 16.8. The summed E-state index contributed by atoms with van der Waals surface area (Å²) in [5, 5.41) is 6.60. The van der Waals surface area contributed by atoms with Gasteiger partial charge in [0.1, 0.15) is 12.4 Å². The molecule has 0 spiro atoms. The molecular formula is C19H35IN4O2. The normalized spacial score (nSPS) is 11.2. The molecule has 1 rings (SSSR count). The summed E-state index contributed by atoms with van der Waals surface area (Å²) in [5.74, 6) is 1.78. The zero-order chi connectivity index (χ0) is 18.5. The van der Waals surface area contributed by atoms with E-state index in [-0.39, 0.29) is 24.0 Å². The Bertz CT molecular complexity index is 506. The molecule has 0 fully saturated rings. The van der Waals surface area contributed by atoms with Crippen LogP contribution in [0.15, 0.2) is 23.2 Å². The van der Waals surface area contributed by atoms with Gasteiger partial charge < -0.3 is 25.0 Å². The van der Waals surface area contributed by atoms with Crippen molar-refractivity contribution in [1.82, 2.24) is 15.5 Å². The SMILES string of the molecule is CN=C(NCCOc1c(C)cccc1C)NCCN(C)CCCOC.I. The van der Waals surface area contributed by atoms with Crippen LogP contribution >= 0.6 is 24.0 Å². The molecule has 6 nitrogen and oxygen atoms in total. The number of rotatable bonds is 11. The summed E-state index contributed by atoms with van der Waals surface area (Å²) in [7, 11) is 5.64. The molecule has 0 atom stereocenters. The van der Waals surface area contributed by atoms with E-state index in [4.69, 9.17) is 9.47 Å². The van der Waals surface area contributed by atoms with E-state index >= 15 is 0 Å². The molecule has 0 bridgehead atoms. The van der Waals surface area contributed by atoms with Crippen molar-refractivity contribution in [1.29, 1.82) is 0 Å². The highest BCUT2D eigenvalue weighted by atomic mass is 127. The summed E-state index contributed by atoms with van der Waals surface area (Å²) in [5.41, 5.74) is 2.33. The highest BCUT2D eigenvalue weighted by Crippen LogP contribution is 2.21. The fraction of sp³-hybridized carbons (Fsp3) is 0.632. The fourth-order valence-corrected chi connectivity index (χ4v) is 2.53. The Morgan fingerprint density at radius 2 is 1.73 bits per heavy atom. The van der Waals surface area contributed by atoms with Gasteiger partial charge in [-0.05, 0) is 38.4 Å². The summed E-state index contributed by atoms with van der Waals surface area (Å²) in [6.07, 6.45) is 1.05. The molecule has 0 radical (unpaired) electrons. The van der Waals surface area contributed by atoms with Crippen LogP contribution in [0.5, 0.6) is 5.75 Å². The van der Waals surface area contributed by atoms with E-state index in [1.54, 1.807) is 14.2 Å². The van der Waals surface area contributed by atoms with Gasteiger partial charge in [-0.3, -0.25) is 4.99 Å². The van der Waals surface area contributed by atoms with Crippen LogP contribution in [0.3, 0.4) is 0 Å². The van der Waals surface area contributed by atoms with E-state index in [0.29, 0.717) is 13.2 Å². The lowest BCUT2D eigenvalue weighted by atomic mass is 10.1. The Labute approximate surface area is 175 Å². The maximum Gasteiger partial charge on any atom is 0.191 e. The second kappa shape index (κ2) is 15.0. The summed E-state index contributed by atoms with van der Waals surface area (Å²) in [6, 6.07) is 6.19. The van der Waals surface area contributed by atoms with Gasteiger partial charge in [-0.2, -0.15) is 0 Å². The molecule has 0 heterocycles. The first-order valence-electron chi connectivity index (χ1n) is 8.89. The summed E-state index contributed by atoms with van der Waals surface area (Å²) >= 11 is 0. The van der Waals surface area contributed by atoms with Crippen LogP contribution in [0.25, 0.3) is 0 Å². The first-order chi connectivity index (χ1) is 12.1. The monoisotopic (exact) mass is 478 g/mol. The lowest BCUT2D eigenvalue weighted by molar-refractivity contribution is 0.180. The van der Waals surface area contributed by atoms with Crippen LogP contribution in [-0.2, 0) is 4.74 Å². The third kappa shape index (κ3) is 10.2. The molecule has 0 saturated carbocycles. The van der Waals surface area contributed by atoms with Gasteiger partial charge in [0.15, 0.2) is 5.96 Å². The van der Waals surface area contributed by atoms with Crippen LogP contribution in [0.2, 0.25) is 0 Å². The highest BCUT2D eigenvalue weighted by molar-refractivity contribution is 14.0. The summed E-state index contributed by atoms with van der Waals surface area (Å²) in [6.45, 7) is 9.09. The molecule has 150 valence electrons. The van der Waals surface area contributed by atoms with Crippen molar-refractivity contribution in [3.8, 4) is 5.75 Å². The molecule has 0 amide bonds. The highest BCUT2D eigenvalue weighted by Gasteiger charge is 2.04. The Balaban J connectivity index is 0.00000625. The minimum atomic E-state index is 0. The third-order valence-electron chi connectivity index (χ3n) is 3.95. The Morgan fingerprint density at radius 1 is 1.08 bits per heavy atom. The first-order valence-corrected chi connectivity index (χ1v) is 8.89. The van der Waals surface area contributed by atoms with Crippen molar-refractivity contribution in [3.63, 3.8) is 0 Å². The van der Waals surface area contributed by atoms with Crippen LogP contribution in [0, 0.1) is 13.8 Å². The maximum absolute atomic E-state index is 5.89. The maximum atomic E-state index is 5.89. The van der Waals surface area contributed by atoms with Crippen molar-refractivity contribution in [2.75, 3.05) is 60.6 Å². The van der Waals surface area contributed by atoms with Gasteiger partial charge in [-0.25, -0.2) is 0 Å². The Kier molecular flexibility index (Phi) is 14.4. The van der Waals surface area contributed by atoms with Crippen LogP contribution in [-0.4, -0.2) is 71.5 Å². The molecule has 0 aliphatic heterocycles. The number of aryl methyl sites for hydroxylation is 2. The van der Waals surface area contributed by atoms with Crippen LogP contribution in [0.4, 0.5) is 0 Å². The predicted octanol–water partition coefficient (Wildman–Crippen LogP) is 2.43. The van der Waals surface area contributed by atoms with Gasteiger partial charge in [0.05, 0.1) is 6.54 Å². The quantitative estimate of drug-likeness (QED) is 0.222. The average Bonchev–Trinajstić information content (AvgIpc) is 2.59. The van der Waals surface area contributed by atoms with Crippen molar-refractivity contribution >= 4 is 29.9 Å². The molecule has 26 heavy (non-hydrogen) atoms. The molecule has 0 saturated heterocycles. The van der Waals surface area contributed by atoms with Crippen molar-refractivity contribution in [2.24, 2.45) is 4.99 Å². The Morgan fingerprint density at radius 3 is 2.35 bits per heavy atom. The van der Waals surface area contributed by atoms with Crippen molar-refractivity contribution in [3.05, 3.63) is 29.3 Å². The van der Waals surface area contributed by atoms with Crippen LogP contribution in [0.1, 0.15) is 17.5 Å². The third-order valence-corrected chi connectivity index (χ3v) is 3.95. The molecule has 1 aromatic carbocycles. The van der Waals surface area contributed by atoms with E-state index in [1.807, 2.05) is 6.07 Å². The van der Waals surface area contributed by atoms with E-state index in [2.05, 4.69) is 53.6 Å². The van der Waals surface area contributed by atoms with Gasteiger partial charge in [0, 0.05) is 40.4 Å². The number of hydrogen-bond donors (Lipinski definition) is 2. The van der Waals surface area contributed by atoms with E-state index < -0.39 is 0 Å². The van der Waals surface area contributed by atoms with Crippen LogP contribution < -0.4 is 15.4 Å². The molecule has 0 aliphatic carbocycles. The fourth-order valence-electron chi connectivity index (χ4n) is 2.53. The number of nitrogens with one attached hydrogen (secondary N) is 2. The number of ether oxygens (including phenoxy) is 2. The molecule has 0 unspecified atom stereocenters. The minimum Gasteiger partial charge on any atom is -0.491 e. The van der Waals surface area contributed by atoms with Gasteiger partial charge in [-0.1, -0.05) is 18.2 Å². The van der Waals surface area contributed by atoms with E-state index in [0.717, 1.165) is 44.4 Å². The number of methoxy groups -OCH3 is 1. The smallest absolute Gasteiger partial charge is 0.191 e. The number of para-hydroxylation sites is 1. The first kappa shape index (κ1) is 24.9. The van der Waals surface area contributed by atoms with Gasteiger partial charge in [-0.15, -0.1) is 24.0 Å². The number of nitrogens with zero attached hydrogens (tertiary/aromatic N) is 2. The van der Waals surface area contributed by atoms with Crippen molar-refractivity contribution < 1.29 is 9.47 Å². The second-order valence-corrected chi connectivity index (χ2v) is 6.14. The standard InChI is InChI=1S/C19H34N4O2.HI/c1-16-8-6-9-17(2)18(16)25-15-11-22-19(20-3)21-10-13-23(4)12-7-14-24-5;/h6,8-9H,7,10-15H2,1-5H3,(H2,20,21,22);1H. The molecule has 7 heteroatoms. The van der Waals surface area contributed by atoms with Crippen molar-refractivity contribution in [2.45, 2.75) is 20.3 Å². The predicted molar refractivity (Wildman–Crippen MR) is 120 cm³/mol. The second-order valence-electron chi connectivity index (χ2n) is 6.14. The van der Waals surface area contributed by atoms with Gasteiger partial charge in [0.2, 0.25) is 0 Å². The van der Waals surface area contributed by atoms with E-state index in [9.17, 15) is 0 Å². The number of guanidine groups is 1. The number of aliphatic imine (C=N–C) groups is 1. The van der Waals surface area contributed by atoms with Gasteiger partial charge in [0.25, 0.3) is 0 Å². The number of likely N-dealkylation sites (N-methyl/N-ethyl adjacent to an activating group) is 1. The van der Waals surface area contributed by atoms with E-state index in [1.165, 1.54) is 11.1 Å². The molecular weight excluding hydrogens is 443 g/mol. The topological polar surface area (TPSA) is 58.1 Å². The molecule has 0 aromatic heterocycles. The largest absolute Gasteiger partial charge is 0.491 e. The lowest BCUT2D eigenvalue weighted by Gasteiger charge is -2.18. The number of benzene rings is 1. The average molecular weight is 478 g/mol. The van der Waals surface area contributed by atoms with Gasteiger partial charge >= 0.3 is 0 Å². The Hall–Kier alpha value is -1.06. The summed E-state index contributed by atoms with van der Waals surface area (Å²) < 4.78 is 11.0. The minimum absolute atomic E-state index is 0. The molecule has 0 aliphatic rings. The lowest BCUT2D eigenvalue weighted by Crippen LogP contribution is -2.42. The molecule has 2 N–H and O–H groups in total. The zero-order valence-corrected chi connectivity index (χ0v) is 19.1. The summed E-state index contributed by atoms with van der Waals surface area (Å²) in [4.78, 5) is 6.52.